The first-order valence-corrected chi connectivity index (χ1v) is 7.88. The molecule has 1 aromatic heterocycles. The van der Waals surface area contributed by atoms with E-state index in [9.17, 15) is 13.5 Å². The number of rotatable bonds is 5. The maximum absolute atomic E-state index is 12.1. The van der Waals surface area contributed by atoms with E-state index in [4.69, 9.17) is 9.52 Å². The fourth-order valence-corrected chi connectivity index (χ4v) is 3.72. The van der Waals surface area contributed by atoms with Crippen LogP contribution >= 0.6 is 0 Å². The number of aliphatic hydroxyl groups is 2. The van der Waals surface area contributed by atoms with Crippen LogP contribution < -0.4 is 4.72 Å². The molecule has 1 aliphatic rings. The molecular formula is C12H19NO5S. The van der Waals surface area contributed by atoms with E-state index in [1.54, 1.807) is 0 Å². The summed E-state index contributed by atoms with van der Waals surface area (Å²) in [6.07, 6.45) is 3.50. The second kappa shape index (κ2) is 6.04. The second-order valence-electron chi connectivity index (χ2n) is 4.83. The minimum atomic E-state index is -3.73. The molecule has 3 N–H and O–H groups in total. The van der Waals surface area contributed by atoms with Crippen molar-refractivity contribution >= 4 is 10.0 Å². The first-order chi connectivity index (χ1) is 9.06. The third kappa shape index (κ3) is 3.36. The van der Waals surface area contributed by atoms with E-state index in [1.807, 2.05) is 0 Å². The van der Waals surface area contributed by atoms with Crippen LogP contribution in [0.5, 0.6) is 0 Å². The van der Waals surface area contributed by atoms with Crippen LogP contribution in [0, 0.1) is 5.92 Å². The van der Waals surface area contributed by atoms with Gasteiger partial charge in [0.05, 0.1) is 0 Å². The molecule has 19 heavy (non-hydrogen) atoms. The summed E-state index contributed by atoms with van der Waals surface area (Å²) in [4.78, 5) is 0. The molecule has 1 aromatic rings. The number of hydrogen-bond acceptors (Lipinski definition) is 5. The average molecular weight is 289 g/mol. The summed E-state index contributed by atoms with van der Waals surface area (Å²) >= 11 is 0. The van der Waals surface area contributed by atoms with Crippen LogP contribution in [0.15, 0.2) is 21.6 Å². The Kier molecular flexibility index (Phi) is 4.62. The predicted molar refractivity (Wildman–Crippen MR) is 67.8 cm³/mol. The molecule has 0 bridgehead atoms. The first-order valence-electron chi connectivity index (χ1n) is 6.39. The minimum Gasteiger partial charge on any atom is -0.446 e. The summed E-state index contributed by atoms with van der Waals surface area (Å²) in [5.41, 5.74) is 0. The Morgan fingerprint density at radius 1 is 1.26 bits per heavy atom. The van der Waals surface area contributed by atoms with Gasteiger partial charge < -0.3 is 14.6 Å². The highest BCUT2D eigenvalue weighted by Crippen LogP contribution is 2.25. The topological polar surface area (TPSA) is 99.8 Å². The molecule has 0 aromatic carbocycles. The van der Waals surface area contributed by atoms with E-state index in [0.29, 0.717) is 0 Å². The molecule has 2 rings (SSSR count). The Bertz CT molecular complexity index is 510. The molecule has 0 radical (unpaired) electrons. The van der Waals surface area contributed by atoms with Crippen LogP contribution in [0.4, 0.5) is 0 Å². The van der Waals surface area contributed by atoms with Crippen molar-refractivity contribution in [3.63, 3.8) is 0 Å². The fourth-order valence-electron chi connectivity index (χ4n) is 2.43. The van der Waals surface area contributed by atoms with Crippen molar-refractivity contribution in [2.45, 2.75) is 43.4 Å². The lowest BCUT2D eigenvalue weighted by molar-refractivity contribution is 0.163. The summed E-state index contributed by atoms with van der Waals surface area (Å²) in [5.74, 6) is 0.165. The van der Waals surface area contributed by atoms with Crippen LogP contribution in [0.3, 0.4) is 0 Å². The molecule has 0 saturated heterocycles. The molecule has 1 heterocycles. The molecule has 7 heteroatoms. The quantitative estimate of drug-likeness (QED) is 0.737. The van der Waals surface area contributed by atoms with Gasteiger partial charge in [0.15, 0.2) is 0 Å². The van der Waals surface area contributed by atoms with Gasteiger partial charge >= 0.3 is 0 Å². The molecule has 1 fully saturated rings. The van der Waals surface area contributed by atoms with Gasteiger partial charge in [0.25, 0.3) is 10.0 Å². The Morgan fingerprint density at radius 2 is 2.00 bits per heavy atom. The maximum atomic E-state index is 12.1. The highest BCUT2D eigenvalue weighted by molar-refractivity contribution is 7.89. The van der Waals surface area contributed by atoms with Gasteiger partial charge in [-0.1, -0.05) is 12.8 Å². The number of sulfonamides is 1. The lowest BCUT2D eigenvalue weighted by Gasteiger charge is -2.30. The van der Waals surface area contributed by atoms with Crippen molar-refractivity contribution in [1.29, 1.82) is 0 Å². The largest absolute Gasteiger partial charge is 0.446 e. The highest BCUT2D eigenvalue weighted by Gasteiger charge is 2.30. The van der Waals surface area contributed by atoms with Gasteiger partial charge in [0, 0.05) is 12.6 Å². The minimum absolute atomic E-state index is 0.0206. The third-order valence-electron chi connectivity index (χ3n) is 3.51. The molecular weight excluding hydrogens is 270 g/mol. The average Bonchev–Trinajstić information content (AvgIpc) is 2.88. The molecule has 0 aliphatic heterocycles. The molecule has 2 unspecified atom stereocenters. The number of nitrogens with one attached hydrogen (secondary N) is 1. The number of hydrogen-bond donors (Lipinski definition) is 3. The zero-order valence-electron chi connectivity index (χ0n) is 10.6. The Morgan fingerprint density at radius 3 is 2.63 bits per heavy atom. The predicted octanol–water partition coefficient (Wildman–Crippen LogP) is 0.601. The van der Waals surface area contributed by atoms with Crippen LogP contribution in [0.2, 0.25) is 0 Å². The van der Waals surface area contributed by atoms with Gasteiger partial charge in [-0.3, -0.25) is 0 Å². The van der Waals surface area contributed by atoms with Crippen molar-refractivity contribution in [2.24, 2.45) is 5.92 Å². The van der Waals surface area contributed by atoms with E-state index in [2.05, 4.69) is 4.72 Å². The second-order valence-corrected chi connectivity index (χ2v) is 6.48. The maximum Gasteiger partial charge on any atom is 0.274 e. The van der Waals surface area contributed by atoms with E-state index in [-0.39, 0.29) is 36.0 Å². The van der Waals surface area contributed by atoms with Crippen molar-refractivity contribution in [3.8, 4) is 0 Å². The molecule has 0 spiro atoms. The number of aliphatic hydroxyl groups excluding tert-OH is 2. The summed E-state index contributed by atoms with van der Waals surface area (Å²) < 4.78 is 31.9. The summed E-state index contributed by atoms with van der Waals surface area (Å²) in [5, 5.41) is 18.0. The van der Waals surface area contributed by atoms with Crippen molar-refractivity contribution < 1.29 is 23.0 Å². The standard InChI is InChI=1S/C12H19NO5S/c14-7-9-3-1-2-4-11(9)13-19(16,17)12-6-5-10(8-15)18-12/h5-6,9,11,13-15H,1-4,7-8H2. The van der Waals surface area contributed by atoms with Gasteiger partial charge in [-0.15, -0.1) is 0 Å². The lowest BCUT2D eigenvalue weighted by Crippen LogP contribution is -2.43. The van der Waals surface area contributed by atoms with Crippen molar-refractivity contribution in [2.75, 3.05) is 6.61 Å². The summed E-state index contributed by atoms with van der Waals surface area (Å²) in [6, 6.07) is 2.50. The summed E-state index contributed by atoms with van der Waals surface area (Å²) in [7, 11) is -3.73. The Balaban J connectivity index is 2.11. The van der Waals surface area contributed by atoms with Gasteiger partial charge in [-0.05, 0) is 30.9 Å². The van der Waals surface area contributed by atoms with Gasteiger partial charge in [-0.2, -0.15) is 0 Å². The van der Waals surface area contributed by atoms with Crippen molar-refractivity contribution in [1.82, 2.24) is 4.72 Å². The van der Waals surface area contributed by atoms with Crippen LogP contribution in [-0.4, -0.2) is 31.3 Å². The van der Waals surface area contributed by atoms with Crippen LogP contribution in [0.1, 0.15) is 31.4 Å². The van der Waals surface area contributed by atoms with Crippen molar-refractivity contribution in [3.05, 3.63) is 17.9 Å². The first kappa shape index (κ1) is 14.5. The van der Waals surface area contributed by atoms with E-state index in [1.165, 1.54) is 12.1 Å². The van der Waals surface area contributed by atoms with Gasteiger partial charge in [0.2, 0.25) is 5.09 Å². The SMILES string of the molecule is O=S(=O)(NC1CCCCC1CO)c1ccc(CO)o1. The third-order valence-corrected chi connectivity index (χ3v) is 4.87. The van der Waals surface area contributed by atoms with Crippen LogP contribution in [0.25, 0.3) is 0 Å². The van der Waals surface area contributed by atoms with E-state index < -0.39 is 10.0 Å². The Hall–Kier alpha value is -0.890. The zero-order chi connectivity index (χ0) is 13.9. The normalized spacial score (nSPS) is 24.5. The molecule has 2 atom stereocenters. The highest BCUT2D eigenvalue weighted by atomic mass is 32.2. The molecule has 6 nitrogen and oxygen atoms in total. The van der Waals surface area contributed by atoms with Gasteiger partial charge in [-0.25, -0.2) is 13.1 Å². The van der Waals surface area contributed by atoms with Gasteiger partial charge in [0.1, 0.15) is 12.4 Å². The molecule has 1 aliphatic carbocycles. The fraction of sp³-hybridized carbons (Fsp3) is 0.667. The Labute approximate surface area is 112 Å². The monoisotopic (exact) mass is 289 g/mol. The number of furan rings is 1. The van der Waals surface area contributed by atoms with Crippen LogP contribution in [-0.2, 0) is 16.6 Å². The summed E-state index contributed by atoms with van der Waals surface area (Å²) in [6.45, 7) is -0.356. The molecule has 0 amide bonds. The molecule has 108 valence electrons. The molecule has 1 saturated carbocycles. The zero-order valence-corrected chi connectivity index (χ0v) is 11.4. The lowest BCUT2D eigenvalue weighted by atomic mass is 9.86. The smallest absolute Gasteiger partial charge is 0.274 e. The van der Waals surface area contributed by atoms with E-state index >= 15 is 0 Å². The van der Waals surface area contributed by atoms with E-state index in [0.717, 1.165) is 25.7 Å².